The van der Waals surface area contributed by atoms with Gasteiger partial charge in [-0.1, -0.05) is 0 Å². The van der Waals surface area contributed by atoms with Crippen LogP contribution in [0.3, 0.4) is 0 Å². The van der Waals surface area contributed by atoms with Crippen LogP contribution in [0.4, 0.5) is 13.2 Å². The van der Waals surface area contributed by atoms with Gasteiger partial charge in [-0.25, -0.2) is 21.6 Å². The van der Waals surface area contributed by atoms with E-state index in [-0.39, 0.29) is 18.7 Å². The molecule has 0 saturated heterocycles. The number of benzene rings is 1. The maximum atomic E-state index is 13.4. The van der Waals surface area contributed by atoms with E-state index in [0.29, 0.717) is 0 Å². The van der Waals surface area contributed by atoms with Crippen LogP contribution in [0.15, 0.2) is 17.0 Å². The first-order chi connectivity index (χ1) is 9.19. The number of esters is 1. The zero-order valence-corrected chi connectivity index (χ0v) is 11.4. The molecule has 9 heteroatoms. The Hall–Kier alpha value is -1.61. The zero-order valence-electron chi connectivity index (χ0n) is 10.6. The first kappa shape index (κ1) is 16.4. The summed E-state index contributed by atoms with van der Waals surface area (Å²) in [5.41, 5.74) is 0. The lowest BCUT2D eigenvalue weighted by molar-refractivity contribution is -0.144. The predicted octanol–water partition coefficient (Wildman–Crippen LogP) is 1.33. The molecule has 0 radical (unpaired) electrons. The van der Waals surface area contributed by atoms with Crippen LogP contribution < -0.4 is 4.72 Å². The van der Waals surface area contributed by atoms with Gasteiger partial charge in [-0.15, -0.1) is 0 Å². The molecule has 5 nitrogen and oxygen atoms in total. The average Bonchev–Trinajstić information content (AvgIpc) is 2.26. The highest BCUT2D eigenvalue weighted by atomic mass is 32.2. The average molecular weight is 311 g/mol. The van der Waals surface area contributed by atoms with Crippen LogP contribution in [0.2, 0.25) is 0 Å². The largest absolute Gasteiger partial charge is 0.465 e. The molecule has 1 aromatic carbocycles. The van der Waals surface area contributed by atoms with Crippen LogP contribution in [0.25, 0.3) is 0 Å². The van der Waals surface area contributed by atoms with Gasteiger partial charge in [0, 0.05) is 12.1 Å². The molecule has 0 bridgehead atoms. The van der Waals surface area contributed by atoms with Gasteiger partial charge in [0.2, 0.25) is 10.0 Å². The van der Waals surface area contributed by atoms with Crippen molar-refractivity contribution in [1.82, 2.24) is 4.72 Å². The van der Waals surface area contributed by atoms with Crippen LogP contribution >= 0.6 is 0 Å². The summed E-state index contributed by atoms with van der Waals surface area (Å²) in [6.45, 7) is 2.68. The van der Waals surface area contributed by atoms with Crippen molar-refractivity contribution in [3.8, 4) is 0 Å². The number of rotatable bonds is 5. The number of sulfonamides is 1. The third kappa shape index (κ3) is 3.70. The van der Waals surface area contributed by atoms with Gasteiger partial charge in [-0.05, 0) is 13.8 Å². The molecule has 1 atom stereocenters. The molecule has 112 valence electrons. The van der Waals surface area contributed by atoms with Crippen LogP contribution in [0.1, 0.15) is 13.8 Å². The summed E-state index contributed by atoms with van der Waals surface area (Å²) in [4.78, 5) is 9.93. The number of ether oxygens (including phenoxy) is 1. The first-order valence-electron chi connectivity index (χ1n) is 5.52. The van der Waals surface area contributed by atoms with E-state index in [2.05, 4.69) is 4.74 Å². The van der Waals surface area contributed by atoms with Gasteiger partial charge in [0.1, 0.15) is 23.5 Å². The summed E-state index contributed by atoms with van der Waals surface area (Å²) in [6, 6.07) is -0.886. The van der Waals surface area contributed by atoms with E-state index in [1.807, 2.05) is 0 Å². The molecule has 0 aliphatic heterocycles. The van der Waals surface area contributed by atoms with Gasteiger partial charge in [0.05, 0.1) is 6.61 Å². The van der Waals surface area contributed by atoms with Crippen molar-refractivity contribution in [3.63, 3.8) is 0 Å². The van der Waals surface area contributed by atoms with Crippen molar-refractivity contribution < 1.29 is 31.1 Å². The Labute approximate surface area is 113 Å². The molecule has 20 heavy (non-hydrogen) atoms. The molecule has 0 spiro atoms. The van der Waals surface area contributed by atoms with Gasteiger partial charge < -0.3 is 4.74 Å². The van der Waals surface area contributed by atoms with Crippen molar-refractivity contribution in [2.45, 2.75) is 24.8 Å². The Balaban J connectivity index is 3.10. The van der Waals surface area contributed by atoms with E-state index < -0.39 is 44.4 Å². The SMILES string of the molecule is CCOC(=O)C(C)NS(=O)(=O)c1c(F)cc(F)cc1F. The maximum absolute atomic E-state index is 13.4. The fraction of sp³-hybridized carbons (Fsp3) is 0.364. The van der Waals surface area contributed by atoms with Crippen molar-refractivity contribution in [2.75, 3.05) is 6.61 Å². The van der Waals surface area contributed by atoms with E-state index in [0.717, 1.165) is 6.92 Å². The highest BCUT2D eigenvalue weighted by Gasteiger charge is 2.29. The van der Waals surface area contributed by atoms with Crippen LogP contribution in [-0.4, -0.2) is 27.0 Å². The molecule has 0 fully saturated rings. The third-order valence-corrected chi connectivity index (χ3v) is 3.80. The van der Waals surface area contributed by atoms with Gasteiger partial charge in [0.15, 0.2) is 4.90 Å². The summed E-state index contributed by atoms with van der Waals surface area (Å²) in [5.74, 6) is -5.34. The van der Waals surface area contributed by atoms with Gasteiger partial charge >= 0.3 is 5.97 Å². The Morgan fingerprint density at radius 3 is 2.25 bits per heavy atom. The quantitative estimate of drug-likeness (QED) is 0.833. The lowest BCUT2D eigenvalue weighted by Crippen LogP contribution is -2.40. The Morgan fingerprint density at radius 2 is 1.80 bits per heavy atom. The van der Waals surface area contributed by atoms with E-state index in [4.69, 9.17) is 0 Å². The molecule has 1 unspecified atom stereocenters. The number of hydrogen-bond donors (Lipinski definition) is 1. The second-order valence-electron chi connectivity index (χ2n) is 3.79. The molecule has 0 aromatic heterocycles. The van der Waals surface area contributed by atoms with Gasteiger partial charge in [0.25, 0.3) is 0 Å². The van der Waals surface area contributed by atoms with Gasteiger partial charge in [-0.2, -0.15) is 4.72 Å². The van der Waals surface area contributed by atoms with E-state index in [9.17, 15) is 26.4 Å². The Kier molecular flexibility index (Phi) is 5.12. The maximum Gasteiger partial charge on any atom is 0.323 e. The van der Waals surface area contributed by atoms with Gasteiger partial charge in [-0.3, -0.25) is 4.79 Å². The first-order valence-corrected chi connectivity index (χ1v) is 7.01. The van der Waals surface area contributed by atoms with Crippen LogP contribution in [0.5, 0.6) is 0 Å². The molecule has 0 saturated carbocycles. The fourth-order valence-electron chi connectivity index (χ4n) is 1.39. The lowest BCUT2D eigenvalue weighted by Gasteiger charge is -2.13. The number of hydrogen-bond acceptors (Lipinski definition) is 4. The van der Waals surface area contributed by atoms with Crippen LogP contribution in [-0.2, 0) is 19.6 Å². The molecule has 1 rings (SSSR count). The smallest absolute Gasteiger partial charge is 0.323 e. The second-order valence-corrected chi connectivity index (χ2v) is 5.44. The van der Waals surface area contributed by atoms with Crippen molar-refractivity contribution >= 4 is 16.0 Å². The van der Waals surface area contributed by atoms with Crippen molar-refractivity contribution in [3.05, 3.63) is 29.6 Å². The minimum atomic E-state index is -4.67. The lowest BCUT2D eigenvalue weighted by atomic mass is 10.3. The molecular weight excluding hydrogens is 299 g/mol. The molecular formula is C11H12F3NO4S. The summed E-state index contributed by atoms with van der Waals surface area (Å²) in [5, 5.41) is 0. The predicted molar refractivity (Wildman–Crippen MR) is 62.7 cm³/mol. The summed E-state index contributed by atoms with van der Waals surface area (Å²) in [6.07, 6.45) is 0. The number of nitrogens with one attached hydrogen (secondary N) is 1. The zero-order chi connectivity index (χ0) is 15.5. The number of halogens is 3. The summed E-state index contributed by atoms with van der Waals surface area (Å²) in [7, 11) is -4.67. The molecule has 1 aromatic rings. The summed E-state index contributed by atoms with van der Waals surface area (Å²) >= 11 is 0. The normalized spacial score (nSPS) is 13.1. The van der Waals surface area contributed by atoms with E-state index >= 15 is 0 Å². The number of carbonyl (C=O) groups excluding carboxylic acids is 1. The second kappa shape index (κ2) is 6.23. The molecule has 0 heterocycles. The molecule has 0 aliphatic carbocycles. The number of carbonyl (C=O) groups is 1. The van der Waals surface area contributed by atoms with E-state index in [1.165, 1.54) is 6.92 Å². The minimum absolute atomic E-state index is 0.0180. The Morgan fingerprint density at radius 1 is 1.30 bits per heavy atom. The highest BCUT2D eigenvalue weighted by Crippen LogP contribution is 2.20. The summed E-state index contributed by atoms with van der Waals surface area (Å²) < 4.78 is 69.4. The third-order valence-electron chi connectivity index (χ3n) is 2.20. The van der Waals surface area contributed by atoms with E-state index in [1.54, 1.807) is 4.72 Å². The Bertz CT molecular complexity index is 595. The van der Waals surface area contributed by atoms with Crippen LogP contribution in [0, 0.1) is 17.5 Å². The fourth-order valence-corrected chi connectivity index (χ4v) is 2.70. The minimum Gasteiger partial charge on any atom is -0.465 e. The monoisotopic (exact) mass is 311 g/mol. The topological polar surface area (TPSA) is 72.5 Å². The van der Waals surface area contributed by atoms with Crippen molar-refractivity contribution in [1.29, 1.82) is 0 Å². The van der Waals surface area contributed by atoms with Crippen molar-refractivity contribution in [2.24, 2.45) is 0 Å². The molecule has 0 amide bonds. The standard InChI is InChI=1S/C11H12F3NO4S/c1-3-19-11(16)6(2)15-20(17,18)10-8(13)4-7(12)5-9(10)14/h4-6,15H,3H2,1-2H3. The molecule has 0 aliphatic rings. The molecule has 1 N–H and O–H groups in total. The highest BCUT2D eigenvalue weighted by molar-refractivity contribution is 7.89.